The number of pyridine rings is 1. The summed E-state index contributed by atoms with van der Waals surface area (Å²) in [5.74, 6) is -0.157. The van der Waals surface area contributed by atoms with E-state index in [1.807, 2.05) is 6.92 Å². The molecule has 1 fully saturated rings. The number of ether oxygens (including phenoxy) is 2. The number of rotatable bonds is 10. The average Bonchev–Trinajstić information content (AvgIpc) is 2.84. The van der Waals surface area contributed by atoms with E-state index in [0.717, 1.165) is 26.1 Å². The van der Waals surface area contributed by atoms with Crippen LogP contribution < -0.4 is 10.9 Å². The molecular weight excluding hydrogens is 442 g/mol. The van der Waals surface area contributed by atoms with Gasteiger partial charge in [0.2, 0.25) is 5.88 Å². The van der Waals surface area contributed by atoms with Gasteiger partial charge in [-0.05, 0) is 12.5 Å². The molecule has 3 aromatic heterocycles. The van der Waals surface area contributed by atoms with Crippen LogP contribution in [0.15, 0.2) is 23.3 Å². The predicted octanol–water partition coefficient (Wildman–Crippen LogP) is 0.830. The van der Waals surface area contributed by atoms with Gasteiger partial charge < -0.3 is 25.0 Å². The van der Waals surface area contributed by atoms with E-state index in [2.05, 4.69) is 30.2 Å². The summed E-state index contributed by atoms with van der Waals surface area (Å²) in [7, 11) is 0. The molecule has 0 aromatic carbocycles. The summed E-state index contributed by atoms with van der Waals surface area (Å²) < 4.78 is 12.6. The summed E-state index contributed by atoms with van der Waals surface area (Å²) in [5.41, 5.74) is 1.36. The molecule has 0 spiro atoms. The number of aromatic hydroxyl groups is 2. The Bertz CT molecular complexity index is 1180. The molecule has 0 radical (unpaired) electrons. The minimum Gasteiger partial charge on any atom is -0.493 e. The summed E-state index contributed by atoms with van der Waals surface area (Å²) in [6, 6.07) is 1.17. The predicted molar refractivity (Wildman–Crippen MR) is 125 cm³/mol. The maximum absolute atomic E-state index is 13.3. The lowest BCUT2D eigenvalue weighted by Gasteiger charge is -2.26. The Labute approximate surface area is 196 Å². The standard InChI is InChI=1S/C22H29N7O5/c1-2-8-33-11-7-29-17-12-15(16-14-25-22(32)27-20(16)30)13-24-18(17)26-19(21(29)31)23-3-4-28-5-9-34-10-6-28/h12-14H,2-11H2,1H3,(H,23,24,26)(H2,25,27,30,32). The zero-order valence-corrected chi connectivity index (χ0v) is 19.1. The molecule has 1 aliphatic rings. The van der Waals surface area contributed by atoms with E-state index in [-0.39, 0.29) is 22.8 Å². The Hall–Kier alpha value is -3.35. The lowest BCUT2D eigenvalue weighted by atomic mass is 10.1. The van der Waals surface area contributed by atoms with Gasteiger partial charge in [-0.25, -0.2) is 15.0 Å². The molecule has 3 N–H and O–H groups in total. The molecule has 4 heterocycles. The van der Waals surface area contributed by atoms with Crippen LogP contribution >= 0.6 is 0 Å². The Balaban J connectivity index is 1.64. The van der Waals surface area contributed by atoms with Crippen molar-refractivity contribution in [1.82, 2.24) is 29.4 Å². The molecule has 0 saturated carbocycles. The van der Waals surface area contributed by atoms with Crippen molar-refractivity contribution in [1.29, 1.82) is 0 Å². The highest BCUT2D eigenvalue weighted by atomic mass is 16.5. The Kier molecular flexibility index (Phi) is 7.83. The van der Waals surface area contributed by atoms with Crippen molar-refractivity contribution in [3.8, 4) is 23.0 Å². The summed E-state index contributed by atoms with van der Waals surface area (Å²) in [6.45, 7) is 7.80. The second kappa shape index (κ2) is 11.2. The van der Waals surface area contributed by atoms with E-state index in [1.54, 1.807) is 10.6 Å². The fourth-order valence-electron chi connectivity index (χ4n) is 3.73. The van der Waals surface area contributed by atoms with Crippen LogP contribution in [0, 0.1) is 0 Å². The molecule has 4 rings (SSSR count). The SMILES string of the molecule is CCCOCCn1c(=O)c(NCCN2CCOCC2)nc2ncc(-c3cnc(O)nc3O)cc21. The number of fused-ring (bicyclic) bond motifs is 1. The normalized spacial score (nSPS) is 14.5. The first-order valence-electron chi connectivity index (χ1n) is 11.3. The molecule has 1 aliphatic heterocycles. The smallest absolute Gasteiger partial charge is 0.317 e. The first kappa shape index (κ1) is 23.8. The Morgan fingerprint density at radius 3 is 2.71 bits per heavy atom. The van der Waals surface area contributed by atoms with Gasteiger partial charge in [-0.3, -0.25) is 14.3 Å². The number of aromatic nitrogens is 5. The highest BCUT2D eigenvalue weighted by Crippen LogP contribution is 2.28. The van der Waals surface area contributed by atoms with E-state index < -0.39 is 6.01 Å². The summed E-state index contributed by atoms with van der Waals surface area (Å²) in [6.07, 6.45) is 3.69. The van der Waals surface area contributed by atoms with Gasteiger partial charge in [0.15, 0.2) is 11.5 Å². The molecule has 0 aliphatic carbocycles. The van der Waals surface area contributed by atoms with Crippen LogP contribution in [0.5, 0.6) is 11.9 Å². The molecule has 12 heteroatoms. The first-order chi connectivity index (χ1) is 16.6. The van der Waals surface area contributed by atoms with Gasteiger partial charge >= 0.3 is 6.01 Å². The lowest BCUT2D eigenvalue weighted by molar-refractivity contribution is 0.0398. The van der Waals surface area contributed by atoms with Crippen LogP contribution in [0.25, 0.3) is 22.3 Å². The van der Waals surface area contributed by atoms with Crippen LogP contribution in [0.1, 0.15) is 13.3 Å². The van der Waals surface area contributed by atoms with Crippen LogP contribution in [-0.2, 0) is 16.0 Å². The van der Waals surface area contributed by atoms with Gasteiger partial charge in [-0.2, -0.15) is 4.98 Å². The maximum Gasteiger partial charge on any atom is 0.317 e. The first-order valence-corrected chi connectivity index (χ1v) is 11.3. The van der Waals surface area contributed by atoms with Crippen LogP contribution in [0.3, 0.4) is 0 Å². The molecule has 182 valence electrons. The summed E-state index contributed by atoms with van der Waals surface area (Å²) in [5, 5.41) is 22.7. The third kappa shape index (κ3) is 5.58. The van der Waals surface area contributed by atoms with Crippen LogP contribution in [0.4, 0.5) is 5.82 Å². The van der Waals surface area contributed by atoms with Gasteiger partial charge in [0.05, 0.1) is 30.9 Å². The maximum atomic E-state index is 13.3. The lowest BCUT2D eigenvalue weighted by Crippen LogP contribution is -2.39. The molecule has 3 aromatic rings. The third-order valence-corrected chi connectivity index (χ3v) is 5.50. The minimum atomic E-state index is -0.533. The molecular formula is C22H29N7O5. The Morgan fingerprint density at radius 2 is 1.94 bits per heavy atom. The van der Waals surface area contributed by atoms with E-state index in [9.17, 15) is 15.0 Å². The van der Waals surface area contributed by atoms with Crippen molar-refractivity contribution < 1.29 is 19.7 Å². The second-order valence-electron chi connectivity index (χ2n) is 7.88. The van der Waals surface area contributed by atoms with Gasteiger partial charge in [0, 0.05) is 57.3 Å². The molecule has 0 bridgehead atoms. The quantitative estimate of drug-likeness (QED) is 0.361. The molecule has 0 amide bonds. The molecule has 0 atom stereocenters. The number of nitrogens with zero attached hydrogens (tertiary/aromatic N) is 6. The fourth-order valence-corrected chi connectivity index (χ4v) is 3.73. The van der Waals surface area contributed by atoms with Gasteiger partial charge in [0.25, 0.3) is 5.56 Å². The zero-order chi connectivity index (χ0) is 23.9. The molecule has 12 nitrogen and oxygen atoms in total. The highest BCUT2D eigenvalue weighted by Gasteiger charge is 2.16. The van der Waals surface area contributed by atoms with E-state index in [4.69, 9.17) is 9.47 Å². The van der Waals surface area contributed by atoms with Crippen molar-refractivity contribution in [2.24, 2.45) is 0 Å². The number of nitrogens with one attached hydrogen (secondary N) is 1. The van der Waals surface area contributed by atoms with Crippen molar-refractivity contribution in [2.45, 2.75) is 19.9 Å². The number of anilines is 1. The largest absolute Gasteiger partial charge is 0.493 e. The summed E-state index contributed by atoms with van der Waals surface area (Å²) >= 11 is 0. The highest BCUT2D eigenvalue weighted by molar-refractivity contribution is 5.80. The number of hydrogen-bond acceptors (Lipinski definition) is 11. The van der Waals surface area contributed by atoms with Crippen molar-refractivity contribution in [3.05, 3.63) is 28.8 Å². The van der Waals surface area contributed by atoms with Crippen LogP contribution in [-0.4, -0.2) is 92.2 Å². The van der Waals surface area contributed by atoms with Crippen molar-refractivity contribution in [3.63, 3.8) is 0 Å². The van der Waals surface area contributed by atoms with Gasteiger partial charge in [-0.1, -0.05) is 6.92 Å². The topological polar surface area (TPSA) is 148 Å². The Morgan fingerprint density at radius 1 is 1.12 bits per heavy atom. The van der Waals surface area contributed by atoms with Gasteiger partial charge in [-0.15, -0.1) is 0 Å². The van der Waals surface area contributed by atoms with E-state index in [1.165, 1.54) is 12.4 Å². The number of morpholine rings is 1. The molecule has 1 saturated heterocycles. The fraction of sp³-hybridized carbons (Fsp3) is 0.500. The molecule has 0 unspecified atom stereocenters. The summed E-state index contributed by atoms with van der Waals surface area (Å²) in [4.78, 5) is 31.7. The zero-order valence-electron chi connectivity index (χ0n) is 19.1. The van der Waals surface area contributed by atoms with Crippen molar-refractivity contribution in [2.75, 3.05) is 57.9 Å². The minimum absolute atomic E-state index is 0.229. The number of hydrogen-bond donors (Lipinski definition) is 3. The second-order valence-corrected chi connectivity index (χ2v) is 7.88. The van der Waals surface area contributed by atoms with Gasteiger partial charge in [0.1, 0.15) is 0 Å². The van der Waals surface area contributed by atoms with E-state index in [0.29, 0.717) is 56.2 Å². The third-order valence-electron chi connectivity index (χ3n) is 5.50. The average molecular weight is 472 g/mol. The molecule has 34 heavy (non-hydrogen) atoms. The monoisotopic (exact) mass is 471 g/mol. The van der Waals surface area contributed by atoms with Crippen molar-refractivity contribution >= 4 is 17.0 Å². The van der Waals surface area contributed by atoms with E-state index >= 15 is 0 Å². The van der Waals surface area contributed by atoms with Crippen LogP contribution in [0.2, 0.25) is 0 Å².